The summed E-state index contributed by atoms with van der Waals surface area (Å²) in [5, 5.41) is 0. The summed E-state index contributed by atoms with van der Waals surface area (Å²) in [5.41, 5.74) is 5.76. The van der Waals surface area contributed by atoms with Crippen LogP contribution in [0.25, 0.3) is 0 Å². The third-order valence-electron chi connectivity index (χ3n) is 2.43. The minimum Gasteiger partial charge on any atom is -0.486 e. The van der Waals surface area contributed by atoms with E-state index in [0.29, 0.717) is 43.4 Å². The summed E-state index contributed by atoms with van der Waals surface area (Å²) in [6.45, 7) is 1.33. The highest BCUT2D eigenvalue weighted by Crippen LogP contribution is 2.32. The molecule has 3 N–H and O–H groups in total. The van der Waals surface area contributed by atoms with Gasteiger partial charge in [0.25, 0.3) is 0 Å². The second-order valence-electron chi connectivity index (χ2n) is 3.92. The number of anilines is 1. The first-order valence-electron chi connectivity index (χ1n) is 5.71. The number of benzene rings is 1. The van der Waals surface area contributed by atoms with E-state index in [1.807, 2.05) is 0 Å². The SMILES string of the molecule is NCCCS(=O)(=O)Nc1ccc2c(c1)OCCO2. The first kappa shape index (κ1) is 13.0. The van der Waals surface area contributed by atoms with Crippen LogP contribution in [0, 0.1) is 0 Å². The van der Waals surface area contributed by atoms with Crippen LogP contribution in [0.3, 0.4) is 0 Å². The highest BCUT2D eigenvalue weighted by molar-refractivity contribution is 7.92. The summed E-state index contributed by atoms with van der Waals surface area (Å²) in [6, 6.07) is 4.96. The molecule has 18 heavy (non-hydrogen) atoms. The molecule has 0 radical (unpaired) electrons. The second-order valence-corrected chi connectivity index (χ2v) is 5.76. The average molecular weight is 272 g/mol. The van der Waals surface area contributed by atoms with E-state index in [9.17, 15) is 8.42 Å². The number of sulfonamides is 1. The van der Waals surface area contributed by atoms with Crippen LogP contribution in [0.4, 0.5) is 5.69 Å². The molecule has 0 bridgehead atoms. The maximum absolute atomic E-state index is 11.7. The lowest BCUT2D eigenvalue weighted by Crippen LogP contribution is -2.19. The quantitative estimate of drug-likeness (QED) is 0.816. The minimum atomic E-state index is -3.35. The first-order valence-corrected chi connectivity index (χ1v) is 7.36. The molecule has 0 saturated heterocycles. The molecule has 0 fully saturated rings. The lowest BCUT2D eigenvalue weighted by Gasteiger charge is -2.19. The average Bonchev–Trinajstić information content (AvgIpc) is 2.36. The van der Waals surface area contributed by atoms with Crippen molar-refractivity contribution in [3.63, 3.8) is 0 Å². The van der Waals surface area contributed by atoms with Gasteiger partial charge in [-0.1, -0.05) is 0 Å². The monoisotopic (exact) mass is 272 g/mol. The minimum absolute atomic E-state index is 0.0118. The summed E-state index contributed by atoms with van der Waals surface area (Å²) >= 11 is 0. The fourth-order valence-corrected chi connectivity index (χ4v) is 2.75. The van der Waals surface area contributed by atoms with E-state index in [4.69, 9.17) is 15.2 Å². The van der Waals surface area contributed by atoms with Gasteiger partial charge in [-0.3, -0.25) is 4.72 Å². The van der Waals surface area contributed by atoms with Crippen molar-refractivity contribution in [3.05, 3.63) is 18.2 Å². The predicted octanol–water partition coefficient (Wildman–Crippen LogP) is 0.548. The Morgan fingerprint density at radius 1 is 1.22 bits per heavy atom. The molecule has 0 amide bonds. The summed E-state index contributed by atoms with van der Waals surface area (Å²) in [7, 11) is -3.35. The van der Waals surface area contributed by atoms with Crippen LogP contribution >= 0.6 is 0 Å². The number of nitrogens with two attached hydrogens (primary N) is 1. The van der Waals surface area contributed by atoms with E-state index in [-0.39, 0.29) is 5.75 Å². The smallest absolute Gasteiger partial charge is 0.232 e. The standard InChI is InChI=1S/C11H16N2O4S/c12-4-1-7-18(14,15)13-9-2-3-10-11(8-9)17-6-5-16-10/h2-3,8,13H,1,4-7,12H2. The van der Waals surface area contributed by atoms with Crippen LogP contribution in [-0.2, 0) is 10.0 Å². The topological polar surface area (TPSA) is 90.7 Å². The lowest BCUT2D eigenvalue weighted by atomic mass is 10.3. The Morgan fingerprint density at radius 3 is 2.67 bits per heavy atom. The molecule has 0 spiro atoms. The summed E-state index contributed by atoms with van der Waals surface area (Å²) in [4.78, 5) is 0. The zero-order valence-corrected chi connectivity index (χ0v) is 10.7. The highest BCUT2D eigenvalue weighted by atomic mass is 32.2. The molecule has 1 aliphatic rings. The zero-order chi connectivity index (χ0) is 13.0. The van der Waals surface area contributed by atoms with Gasteiger partial charge < -0.3 is 15.2 Å². The van der Waals surface area contributed by atoms with E-state index in [1.54, 1.807) is 18.2 Å². The van der Waals surface area contributed by atoms with Crippen molar-refractivity contribution in [2.75, 3.05) is 30.2 Å². The zero-order valence-electron chi connectivity index (χ0n) is 9.89. The van der Waals surface area contributed by atoms with Gasteiger partial charge in [0.05, 0.1) is 11.4 Å². The van der Waals surface area contributed by atoms with Crippen molar-refractivity contribution in [1.82, 2.24) is 0 Å². The molecule has 100 valence electrons. The van der Waals surface area contributed by atoms with Gasteiger partial charge in [0.1, 0.15) is 13.2 Å². The molecule has 0 atom stereocenters. The van der Waals surface area contributed by atoms with Gasteiger partial charge in [-0.15, -0.1) is 0 Å². The van der Waals surface area contributed by atoms with Gasteiger partial charge in [-0.25, -0.2) is 8.42 Å². The third kappa shape index (κ3) is 3.27. The van der Waals surface area contributed by atoms with E-state index in [2.05, 4.69) is 4.72 Å². The van der Waals surface area contributed by atoms with Gasteiger partial charge in [0.2, 0.25) is 10.0 Å². The molecule has 0 saturated carbocycles. The molecule has 6 nitrogen and oxygen atoms in total. The fourth-order valence-electron chi connectivity index (χ4n) is 1.61. The van der Waals surface area contributed by atoms with Gasteiger partial charge in [-0.2, -0.15) is 0 Å². The number of ether oxygens (including phenoxy) is 2. The molecule has 7 heteroatoms. The first-order chi connectivity index (χ1) is 8.61. The van der Waals surface area contributed by atoms with Gasteiger partial charge in [0, 0.05) is 6.07 Å². The number of fused-ring (bicyclic) bond motifs is 1. The molecule has 1 aromatic rings. The molecule has 2 rings (SSSR count). The second kappa shape index (κ2) is 5.45. The molecule has 0 unspecified atom stereocenters. The summed E-state index contributed by atoms with van der Waals surface area (Å²) in [6.07, 6.45) is 0.430. The van der Waals surface area contributed by atoms with E-state index >= 15 is 0 Å². The Bertz CT molecular complexity index is 516. The number of hydrogen-bond acceptors (Lipinski definition) is 5. The van der Waals surface area contributed by atoms with E-state index < -0.39 is 10.0 Å². The Kier molecular flexibility index (Phi) is 3.93. The maximum atomic E-state index is 11.7. The van der Waals surface area contributed by atoms with Crippen molar-refractivity contribution >= 4 is 15.7 Å². The molecule has 1 aromatic carbocycles. The van der Waals surface area contributed by atoms with Crippen LogP contribution in [0.2, 0.25) is 0 Å². The molecule has 1 aliphatic heterocycles. The fraction of sp³-hybridized carbons (Fsp3) is 0.455. The predicted molar refractivity (Wildman–Crippen MR) is 68.5 cm³/mol. The van der Waals surface area contributed by atoms with Crippen molar-refractivity contribution in [3.8, 4) is 11.5 Å². The highest BCUT2D eigenvalue weighted by Gasteiger charge is 2.14. The Labute approximate surface area is 106 Å². The van der Waals surface area contributed by atoms with Crippen molar-refractivity contribution < 1.29 is 17.9 Å². The van der Waals surface area contributed by atoms with E-state index in [1.165, 1.54) is 0 Å². The third-order valence-corrected chi connectivity index (χ3v) is 3.81. The largest absolute Gasteiger partial charge is 0.486 e. The Morgan fingerprint density at radius 2 is 1.94 bits per heavy atom. The Hall–Kier alpha value is -1.47. The van der Waals surface area contributed by atoms with Gasteiger partial charge in [0.15, 0.2) is 11.5 Å². The Balaban J connectivity index is 2.10. The maximum Gasteiger partial charge on any atom is 0.232 e. The van der Waals surface area contributed by atoms with Crippen LogP contribution in [0.5, 0.6) is 11.5 Å². The molecular formula is C11H16N2O4S. The van der Waals surface area contributed by atoms with Crippen LogP contribution < -0.4 is 19.9 Å². The summed E-state index contributed by atoms with van der Waals surface area (Å²) < 4.78 is 36.6. The molecule has 0 aliphatic carbocycles. The number of rotatable bonds is 5. The van der Waals surface area contributed by atoms with Crippen LogP contribution in [0.15, 0.2) is 18.2 Å². The van der Waals surface area contributed by atoms with Crippen LogP contribution in [0.1, 0.15) is 6.42 Å². The van der Waals surface area contributed by atoms with Crippen molar-refractivity contribution in [1.29, 1.82) is 0 Å². The molecular weight excluding hydrogens is 256 g/mol. The van der Waals surface area contributed by atoms with Gasteiger partial charge in [-0.05, 0) is 25.1 Å². The van der Waals surface area contributed by atoms with Gasteiger partial charge >= 0.3 is 0 Å². The van der Waals surface area contributed by atoms with Crippen molar-refractivity contribution in [2.24, 2.45) is 5.73 Å². The molecule has 0 aromatic heterocycles. The lowest BCUT2D eigenvalue weighted by molar-refractivity contribution is 0.171. The van der Waals surface area contributed by atoms with Crippen LogP contribution in [-0.4, -0.2) is 33.9 Å². The summed E-state index contributed by atoms with van der Waals surface area (Å²) in [5.74, 6) is 1.20. The normalized spacial score (nSPS) is 14.3. The van der Waals surface area contributed by atoms with Crippen molar-refractivity contribution in [2.45, 2.75) is 6.42 Å². The number of hydrogen-bond donors (Lipinski definition) is 2. The molecule has 1 heterocycles. The number of nitrogens with one attached hydrogen (secondary N) is 1. The van der Waals surface area contributed by atoms with E-state index in [0.717, 1.165) is 0 Å².